The fourth-order valence-corrected chi connectivity index (χ4v) is 2.12. The molecular weight excluding hydrogens is 236 g/mol. The fourth-order valence-electron chi connectivity index (χ4n) is 1.36. The maximum absolute atomic E-state index is 5.49. The highest BCUT2D eigenvalue weighted by atomic mass is 28.3. The summed E-state index contributed by atoms with van der Waals surface area (Å²) < 4.78 is 21.8. The third-order valence-corrected chi connectivity index (χ3v) is 3.15. The summed E-state index contributed by atoms with van der Waals surface area (Å²) in [5.74, 6) is 0. The first kappa shape index (κ1) is 17.1. The van der Waals surface area contributed by atoms with E-state index in [0.717, 1.165) is 32.5 Å². The Labute approximate surface area is 108 Å². The van der Waals surface area contributed by atoms with Gasteiger partial charge in [-0.3, -0.25) is 0 Å². The molecular formula is C12H28O4Si. The molecule has 0 aliphatic rings. The Morgan fingerprint density at radius 2 is 1.47 bits per heavy atom. The van der Waals surface area contributed by atoms with Gasteiger partial charge in [0.2, 0.25) is 0 Å². The molecule has 0 aliphatic heterocycles. The molecule has 0 saturated carbocycles. The first-order chi connectivity index (χ1) is 8.35. The van der Waals surface area contributed by atoms with Crippen molar-refractivity contribution in [3.8, 4) is 0 Å². The van der Waals surface area contributed by atoms with E-state index in [0.29, 0.717) is 13.2 Å². The van der Waals surface area contributed by atoms with Crippen LogP contribution in [0.1, 0.15) is 46.5 Å². The molecule has 0 amide bonds. The van der Waals surface area contributed by atoms with E-state index in [9.17, 15) is 0 Å². The maximum Gasteiger partial charge on any atom is 0.304 e. The summed E-state index contributed by atoms with van der Waals surface area (Å²) in [6.45, 7) is 9.13. The predicted molar refractivity (Wildman–Crippen MR) is 71.6 cm³/mol. The summed E-state index contributed by atoms with van der Waals surface area (Å²) in [6, 6.07) is 0. The summed E-state index contributed by atoms with van der Waals surface area (Å²) in [4.78, 5) is 0. The van der Waals surface area contributed by atoms with Gasteiger partial charge in [-0.1, -0.05) is 13.3 Å². The zero-order valence-electron chi connectivity index (χ0n) is 11.6. The van der Waals surface area contributed by atoms with Crippen LogP contribution in [0.3, 0.4) is 0 Å². The van der Waals surface area contributed by atoms with Gasteiger partial charge in [-0.25, -0.2) is 0 Å². The lowest BCUT2D eigenvalue weighted by molar-refractivity contribution is -0.140. The first-order valence-electron chi connectivity index (χ1n) is 6.73. The van der Waals surface area contributed by atoms with Crippen molar-refractivity contribution >= 4 is 10.0 Å². The molecule has 0 N–H and O–H groups in total. The number of hydrogen-bond donors (Lipinski definition) is 0. The summed E-state index contributed by atoms with van der Waals surface area (Å²) in [7, 11) is -0.759. The van der Waals surface area contributed by atoms with Gasteiger partial charge in [-0.2, -0.15) is 0 Å². The molecule has 0 bridgehead atoms. The quantitative estimate of drug-likeness (QED) is 0.290. The van der Waals surface area contributed by atoms with Crippen molar-refractivity contribution in [1.29, 1.82) is 0 Å². The van der Waals surface area contributed by atoms with E-state index in [-0.39, 0.29) is 6.29 Å². The van der Waals surface area contributed by atoms with Gasteiger partial charge in [0.25, 0.3) is 0 Å². The van der Waals surface area contributed by atoms with E-state index >= 15 is 0 Å². The van der Waals surface area contributed by atoms with Crippen molar-refractivity contribution in [2.45, 2.75) is 52.7 Å². The Morgan fingerprint density at radius 1 is 0.882 bits per heavy atom. The van der Waals surface area contributed by atoms with Crippen molar-refractivity contribution in [2.24, 2.45) is 0 Å². The van der Waals surface area contributed by atoms with Crippen LogP contribution in [0.25, 0.3) is 0 Å². The van der Waals surface area contributed by atoms with Crippen LogP contribution in [0.15, 0.2) is 0 Å². The minimum atomic E-state index is -0.759. The molecule has 0 fully saturated rings. The number of unbranched alkanes of at least 4 members (excludes halogenated alkanes) is 1. The van der Waals surface area contributed by atoms with Crippen LogP contribution >= 0.6 is 0 Å². The van der Waals surface area contributed by atoms with Gasteiger partial charge in [0.05, 0.1) is 0 Å². The fraction of sp³-hybridized carbons (Fsp3) is 1.00. The Hall–Kier alpha value is 0.0569. The Bertz CT molecular complexity index is 140. The second-order valence-electron chi connectivity index (χ2n) is 3.77. The van der Waals surface area contributed by atoms with E-state index in [1.165, 1.54) is 6.42 Å². The second kappa shape index (κ2) is 14.1. The molecule has 0 saturated heterocycles. The Morgan fingerprint density at radius 3 is 2.00 bits per heavy atom. The van der Waals surface area contributed by atoms with Crippen molar-refractivity contribution in [1.82, 2.24) is 0 Å². The van der Waals surface area contributed by atoms with Gasteiger partial charge in [0, 0.05) is 32.8 Å². The van der Waals surface area contributed by atoms with E-state index in [4.69, 9.17) is 18.3 Å². The third-order valence-electron chi connectivity index (χ3n) is 2.24. The number of hydrogen-bond acceptors (Lipinski definition) is 4. The molecule has 0 atom stereocenters. The van der Waals surface area contributed by atoms with Crippen LogP contribution in [0.2, 0.25) is 0 Å². The molecule has 0 rings (SSSR count). The van der Waals surface area contributed by atoms with E-state index < -0.39 is 10.0 Å². The maximum atomic E-state index is 5.49. The van der Waals surface area contributed by atoms with Gasteiger partial charge in [-0.15, -0.1) is 0 Å². The van der Waals surface area contributed by atoms with Crippen LogP contribution < -0.4 is 0 Å². The Kier molecular flexibility index (Phi) is 14.2. The van der Waals surface area contributed by atoms with Crippen molar-refractivity contribution in [3.63, 3.8) is 0 Å². The molecule has 4 nitrogen and oxygen atoms in total. The van der Waals surface area contributed by atoms with Crippen LogP contribution in [0, 0.1) is 0 Å². The minimum Gasteiger partial charge on any atom is -0.399 e. The molecule has 0 radical (unpaired) electrons. The zero-order valence-corrected chi connectivity index (χ0v) is 13.0. The SMILES string of the molecule is CCCCO[SiH2]OCCCC(OCC)OCC. The minimum absolute atomic E-state index is 0.0729. The topological polar surface area (TPSA) is 36.9 Å². The molecule has 0 aromatic heterocycles. The van der Waals surface area contributed by atoms with E-state index in [1.54, 1.807) is 0 Å². The van der Waals surface area contributed by atoms with Crippen LogP contribution in [0.4, 0.5) is 0 Å². The lowest BCUT2D eigenvalue weighted by atomic mass is 10.3. The van der Waals surface area contributed by atoms with Crippen LogP contribution in [-0.2, 0) is 18.3 Å². The zero-order chi connectivity index (χ0) is 12.8. The van der Waals surface area contributed by atoms with Gasteiger partial charge in [0.1, 0.15) is 0 Å². The van der Waals surface area contributed by atoms with Crippen molar-refractivity contribution in [3.05, 3.63) is 0 Å². The summed E-state index contributed by atoms with van der Waals surface area (Å²) >= 11 is 0. The summed E-state index contributed by atoms with van der Waals surface area (Å²) in [6.07, 6.45) is 4.10. The van der Waals surface area contributed by atoms with Gasteiger partial charge in [0.15, 0.2) is 6.29 Å². The lowest BCUT2D eigenvalue weighted by Crippen LogP contribution is -2.18. The third kappa shape index (κ3) is 12.3. The van der Waals surface area contributed by atoms with Crippen molar-refractivity contribution < 1.29 is 18.3 Å². The molecule has 0 heterocycles. The van der Waals surface area contributed by atoms with E-state index in [1.807, 2.05) is 13.8 Å². The molecule has 17 heavy (non-hydrogen) atoms. The summed E-state index contributed by atoms with van der Waals surface area (Å²) in [5.41, 5.74) is 0. The average molecular weight is 264 g/mol. The van der Waals surface area contributed by atoms with Crippen molar-refractivity contribution in [2.75, 3.05) is 26.4 Å². The number of rotatable bonds is 13. The standard InChI is InChI=1S/C12H28O4Si/c1-4-7-10-15-17-16-11-8-9-12(13-5-2)14-6-3/h12H,4-11,17H2,1-3H3. The predicted octanol–water partition coefficient (Wildman–Crippen LogP) is 2.00. The average Bonchev–Trinajstić information content (AvgIpc) is 2.33. The summed E-state index contributed by atoms with van der Waals surface area (Å²) in [5, 5.41) is 0. The smallest absolute Gasteiger partial charge is 0.304 e. The van der Waals surface area contributed by atoms with Gasteiger partial charge < -0.3 is 18.3 Å². The highest BCUT2D eigenvalue weighted by molar-refractivity contribution is 6.17. The van der Waals surface area contributed by atoms with Crippen LogP contribution in [0.5, 0.6) is 0 Å². The molecule has 0 aliphatic carbocycles. The normalized spacial score (nSPS) is 12.0. The number of ether oxygens (including phenoxy) is 2. The van der Waals surface area contributed by atoms with Gasteiger partial charge in [-0.05, 0) is 26.7 Å². The van der Waals surface area contributed by atoms with E-state index in [2.05, 4.69) is 6.92 Å². The molecule has 0 unspecified atom stereocenters. The van der Waals surface area contributed by atoms with Crippen LogP contribution in [-0.4, -0.2) is 42.7 Å². The monoisotopic (exact) mass is 264 g/mol. The molecule has 0 spiro atoms. The molecule has 0 aromatic carbocycles. The molecule has 104 valence electrons. The Balaban J connectivity index is 3.23. The molecule has 5 heteroatoms. The van der Waals surface area contributed by atoms with Gasteiger partial charge >= 0.3 is 10.0 Å². The largest absolute Gasteiger partial charge is 0.399 e. The molecule has 0 aromatic rings. The second-order valence-corrected chi connectivity index (χ2v) is 4.82. The lowest BCUT2D eigenvalue weighted by Gasteiger charge is -2.16. The first-order valence-corrected chi connectivity index (χ1v) is 7.89. The highest BCUT2D eigenvalue weighted by Gasteiger charge is 2.06. The highest BCUT2D eigenvalue weighted by Crippen LogP contribution is 2.04.